The molecule has 1 atom stereocenters. The predicted octanol–water partition coefficient (Wildman–Crippen LogP) is 3.39. The van der Waals surface area contributed by atoms with E-state index in [0.717, 1.165) is 22.0 Å². The third kappa shape index (κ3) is 3.81. The monoisotopic (exact) mass is 470 g/mol. The van der Waals surface area contributed by atoms with Crippen molar-refractivity contribution < 1.29 is 21.9 Å². The Morgan fingerprint density at radius 2 is 2.09 bits per heavy atom. The zero-order chi connectivity index (χ0) is 23.2. The zero-order valence-corrected chi connectivity index (χ0v) is 17.8. The highest BCUT2D eigenvalue weighted by Gasteiger charge is 2.32. The highest BCUT2D eigenvalue weighted by atomic mass is 32.2. The van der Waals surface area contributed by atoms with Crippen molar-refractivity contribution in [2.45, 2.75) is 12.6 Å². The molecule has 4 aromatic rings. The number of aromatic nitrogens is 3. The van der Waals surface area contributed by atoms with Crippen LogP contribution in [0.4, 0.5) is 14.5 Å². The first-order valence-corrected chi connectivity index (χ1v) is 11.3. The van der Waals surface area contributed by atoms with E-state index in [4.69, 9.17) is 4.74 Å². The Kier molecular flexibility index (Phi) is 5.07. The molecule has 0 bridgehead atoms. The Morgan fingerprint density at radius 3 is 2.85 bits per heavy atom. The summed E-state index contributed by atoms with van der Waals surface area (Å²) in [6.07, 6.45) is 3.67. The van der Waals surface area contributed by atoms with Gasteiger partial charge in [0.2, 0.25) is 0 Å². The average molecular weight is 470 g/mol. The SMILES string of the molecule is N#Cc1c(NS(=O)(=O)N2CCC(F)C2)ccc(F)c1Oc1ccc2ncn3cncc3c2c1. The number of halogens is 2. The number of imidazole rings is 1. The number of hydrogen-bond acceptors (Lipinski definition) is 6. The lowest BCUT2D eigenvalue weighted by molar-refractivity contribution is 0.343. The number of fused-ring (bicyclic) bond motifs is 3. The van der Waals surface area contributed by atoms with Crippen LogP contribution in [0.25, 0.3) is 16.4 Å². The highest BCUT2D eigenvalue weighted by molar-refractivity contribution is 7.90. The normalized spacial score (nSPS) is 16.8. The van der Waals surface area contributed by atoms with Crippen LogP contribution in [0.2, 0.25) is 0 Å². The Labute approximate surface area is 187 Å². The van der Waals surface area contributed by atoms with Crippen LogP contribution in [0.1, 0.15) is 12.0 Å². The second-order valence-electron chi connectivity index (χ2n) is 7.47. The molecule has 1 N–H and O–H groups in total. The largest absolute Gasteiger partial charge is 0.453 e. The van der Waals surface area contributed by atoms with Gasteiger partial charge < -0.3 is 4.74 Å². The molecule has 0 radical (unpaired) electrons. The summed E-state index contributed by atoms with van der Waals surface area (Å²) in [7, 11) is -4.13. The summed E-state index contributed by atoms with van der Waals surface area (Å²) in [5, 5.41) is 10.4. The fourth-order valence-electron chi connectivity index (χ4n) is 3.71. The van der Waals surface area contributed by atoms with E-state index in [0.29, 0.717) is 10.9 Å². The maximum Gasteiger partial charge on any atom is 0.301 e. The van der Waals surface area contributed by atoms with Gasteiger partial charge in [-0.15, -0.1) is 0 Å². The number of hydrogen-bond donors (Lipinski definition) is 1. The lowest BCUT2D eigenvalue weighted by Gasteiger charge is -2.18. The van der Waals surface area contributed by atoms with Crippen molar-refractivity contribution in [1.29, 1.82) is 5.26 Å². The number of benzene rings is 2. The molecule has 0 amide bonds. The minimum absolute atomic E-state index is 0.0110. The van der Waals surface area contributed by atoms with E-state index in [9.17, 15) is 22.5 Å². The average Bonchev–Trinajstić information content (AvgIpc) is 3.45. The van der Waals surface area contributed by atoms with Crippen LogP contribution >= 0.6 is 0 Å². The molecule has 1 aliphatic heterocycles. The van der Waals surface area contributed by atoms with Gasteiger partial charge in [0.05, 0.1) is 22.9 Å². The molecule has 9 nitrogen and oxygen atoms in total. The van der Waals surface area contributed by atoms with Gasteiger partial charge in [-0.25, -0.2) is 18.7 Å². The van der Waals surface area contributed by atoms with E-state index >= 15 is 0 Å². The van der Waals surface area contributed by atoms with Crippen molar-refractivity contribution in [2.75, 3.05) is 17.8 Å². The summed E-state index contributed by atoms with van der Waals surface area (Å²) in [4.78, 5) is 8.39. The number of nitrogens with zero attached hydrogens (tertiary/aromatic N) is 5. The van der Waals surface area contributed by atoms with E-state index in [1.165, 1.54) is 0 Å². The lowest BCUT2D eigenvalue weighted by Crippen LogP contribution is -2.34. The quantitative estimate of drug-likeness (QED) is 0.479. The molecule has 1 fully saturated rings. The smallest absolute Gasteiger partial charge is 0.301 e. The van der Waals surface area contributed by atoms with E-state index in [-0.39, 0.29) is 36.5 Å². The van der Waals surface area contributed by atoms with Gasteiger partial charge in [0.1, 0.15) is 36.2 Å². The Balaban J connectivity index is 1.52. The fourth-order valence-corrected chi connectivity index (χ4v) is 4.99. The topological polar surface area (TPSA) is 113 Å². The maximum atomic E-state index is 14.7. The van der Waals surface area contributed by atoms with Gasteiger partial charge in [-0.1, -0.05) is 0 Å². The third-order valence-corrected chi connectivity index (χ3v) is 6.83. The van der Waals surface area contributed by atoms with Crippen molar-refractivity contribution in [1.82, 2.24) is 18.7 Å². The molecule has 2 aromatic heterocycles. The summed E-state index contributed by atoms with van der Waals surface area (Å²) in [5.74, 6) is -1.07. The Bertz CT molecular complexity index is 1530. The van der Waals surface area contributed by atoms with Crippen LogP contribution in [0.15, 0.2) is 49.2 Å². The standard InChI is InChI=1S/C21H16F2N6O3S/c22-13-5-6-29(10-13)33(30,31)27-19-4-2-17(23)21(16(19)8-24)32-14-1-3-18-15(7-14)20-9-25-11-28(20)12-26-18/h1-4,7,9,11-13,27H,5-6,10H2. The first-order valence-electron chi connectivity index (χ1n) is 9.88. The zero-order valence-electron chi connectivity index (χ0n) is 16.9. The highest BCUT2D eigenvalue weighted by Crippen LogP contribution is 2.35. The van der Waals surface area contributed by atoms with Crippen molar-refractivity contribution in [3.05, 3.63) is 60.6 Å². The van der Waals surface area contributed by atoms with Crippen molar-refractivity contribution in [2.24, 2.45) is 0 Å². The Morgan fingerprint density at radius 1 is 1.24 bits per heavy atom. The third-order valence-electron chi connectivity index (χ3n) is 5.34. The molecule has 2 aromatic carbocycles. The second kappa shape index (κ2) is 7.95. The van der Waals surface area contributed by atoms with Gasteiger partial charge in [0.15, 0.2) is 11.6 Å². The molecule has 0 spiro atoms. The van der Waals surface area contributed by atoms with Gasteiger partial charge >= 0.3 is 10.2 Å². The molecule has 33 heavy (non-hydrogen) atoms. The molecule has 12 heteroatoms. The molecule has 168 valence electrons. The Hall–Kier alpha value is -3.82. The molecule has 0 saturated carbocycles. The number of alkyl halides is 1. The molecule has 1 aliphatic rings. The van der Waals surface area contributed by atoms with Gasteiger partial charge in [-0.3, -0.25) is 9.12 Å². The van der Waals surface area contributed by atoms with Crippen LogP contribution < -0.4 is 9.46 Å². The summed E-state index contributed by atoms with van der Waals surface area (Å²) in [6.45, 7) is -0.271. The van der Waals surface area contributed by atoms with Gasteiger partial charge in [-0.05, 0) is 36.8 Å². The predicted molar refractivity (Wildman–Crippen MR) is 115 cm³/mol. The minimum atomic E-state index is -4.13. The minimum Gasteiger partial charge on any atom is -0.453 e. The number of nitrogens with one attached hydrogen (secondary N) is 1. The van der Waals surface area contributed by atoms with Crippen LogP contribution in [0.5, 0.6) is 11.5 Å². The molecular weight excluding hydrogens is 454 g/mol. The van der Waals surface area contributed by atoms with Crippen LogP contribution in [0.3, 0.4) is 0 Å². The molecule has 3 heterocycles. The first kappa shape index (κ1) is 21.0. The molecule has 1 unspecified atom stereocenters. The van der Waals surface area contributed by atoms with Crippen molar-refractivity contribution in [3.8, 4) is 17.6 Å². The molecule has 1 saturated heterocycles. The van der Waals surface area contributed by atoms with Gasteiger partial charge in [-0.2, -0.15) is 18.0 Å². The van der Waals surface area contributed by atoms with E-state index < -0.39 is 27.9 Å². The number of ether oxygens (including phenoxy) is 1. The van der Waals surface area contributed by atoms with Crippen LogP contribution in [-0.4, -0.2) is 46.4 Å². The van der Waals surface area contributed by atoms with E-state index in [2.05, 4.69) is 14.7 Å². The van der Waals surface area contributed by atoms with Crippen LogP contribution in [0, 0.1) is 17.1 Å². The molecular formula is C21H16F2N6O3S. The van der Waals surface area contributed by atoms with Crippen LogP contribution in [-0.2, 0) is 10.2 Å². The lowest BCUT2D eigenvalue weighted by atomic mass is 10.1. The summed E-state index contributed by atoms with van der Waals surface area (Å²) >= 11 is 0. The molecule has 0 aliphatic carbocycles. The summed E-state index contributed by atoms with van der Waals surface area (Å²) in [6, 6.07) is 8.78. The van der Waals surface area contributed by atoms with Crippen molar-refractivity contribution >= 4 is 32.3 Å². The molecule has 5 rings (SSSR count). The maximum absolute atomic E-state index is 14.7. The summed E-state index contributed by atoms with van der Waals surface area (Å²) < 4.78 is 63.9. The van der Waals surface area contributed by atoms with E-state index in [1.807, 2.05) is 0 Å². The first-order chi connectivity index (χ1) is 15.9. The summed E-state index contributed by atoms with van der Waals surface area (Å²) in [5.41, 5.74) is 0.909. The number of nitriles is 1. The van der Waals surface area contributed by atoms with Gasteiger partial charge in [0.25, 0.3) is 0 Å². The number of anilines is 1. The van der Waals surface area contributed by atoms with E-state index in [1.54, 1.807) is 47.5 Å². The van der Waals surface area contributed by atoms with Gasteiger partial charge in [0, 0.05) is 18.5 Å². The second-order valence-corrected chi connectivity index (χ2v) is 9.14. The van der Waals surface area contributed by atoms with Crippen molar-refractivity contribution in [3.63, 3.8) is 0 Å². The fraction of sp³-hybridized carbons (Fsp3) is 0.190. The number of rotatable bonds is 5.